The van der Waals surface area contributed by atoms with E-state index in [1.54, 1.807) is 0 Å². The number of benzene rings is 1. The first-order chi connectivity index (χ1) is 7.09. The van der Waals surface area contributed by atoms with Gasteiger partial charge in [-0.25, -0.2) is 0 Å². The maximum atomic E-state index is 12.4. The molecule has 0 N–H and O–H groups in total. The third kappa shape index (κ3) is 3.67. The first-order valence-electron chi connectivity index (χ1n) is 3.86. The van der Waals surface area contributed by atoms with E-state index < -0.39 is 21.9 Å². The quantitative estimate of drug-likeness (QED) is 0.787. The molecule has 3 nitrogen and oxygen atoms in total. The van der Waals surface area contributed by atoms with Crippen LogP contribution in [0.5, 0.6) is 5.75 Å². The molecule has 0 aliphatic carbocycles. The minimum atomic E-state index is -4.57. The van der Waals surface area contributed by atoms with Crippen molar-refractivity contribution in [2.45, 2.75) is 6.18 Å². The lowest BCUT2D eigenvalue weighted by atomic mass is 10.2. The maximum Gasteiger partial charge on any atom is 0.417 e. The van der Waals surface area contributed by atoms with Crippen LogP contribution in [-0.4, -0.2) is 14.7 Å². The molecule has 0 bridgehead atoms. The van der Waals surface area contributed by atoms with E-state index in [0.717, 1.165) is 18.4 Å². The molecule has 16 heavy (non-hydrogen) atoms. The lowest BCUT2D eigenvalue weighted by Gasteiger charge is -2.10. The van der Waals surface area contributed by atoms with Crippen molar-refractivity contribution in [3.8, 4) is 5.75 Å². The van der Waals surface area contributed by atoms with Crippen LogP contribution in [0.1, 0.15) is 5.56 Å². The largest absolute Gasteiger partial charge is 0.417 e. The lowest BCUT2D eigenvalue weighted by Crippen LogP contribution is -2.09. The molecule has 0 aliphatic heterocycles. The van der Waals surface area contributed by atoms with Crippen molar-refractivity contribution >= 4 is 26.0 Å². The average Bonchev–Trinajstić information content (AvgIpc) is 2.04. The fourth-order valence-electron chi connectivity index (χ4n) is 0.948. The Morgan fingerprint density at radius 2 is 1.88 bits per heavy atom. The van der Waals surface area contributed by atoms with Gasteiger partial charge in [0.05, 0.1) is 11.8 Å². The highest BCUT2D eigenvalue weighted by Crippen LogP contribution is 2.37. The molecule has 0 radical (unpaired) electrons. The van der Waals surface area contributed by atoms with Crippen molar-refractivity contribution in [2.75, 3.05) is 6.26 Å². The molecule has 90 valence electrons. The molecule has 8 heteroatoms. The van der Waals surface area contributed by atoms with Crippen molar-refractivity contribution in [1.29, 1.82) is 0 Å². The minimum Gasteiger partial charge on any atom is -0.383 e. The number of hydrogen-bond donors (Lipinski definition) is 0. The van der Waals surface area contributed by atoms with Crippen LogP contribution in [-0.2, 0) is 16.3 Å². The maximum absolute atomic E-state index is 12.4. The van der Waals surface area contributed by atoms with Crippen LogP contribution in [0, 0.1) is 0 Å². The predicted molar refractivity (Wildman–Crippen MR) is 54.6 cm³/mol. The van der Waals surface area contributed by atoms with Gasteiger partial charge in [-0.2, -0.15) is 21.6 Å². The second kappa shape index (κ2) is 4.25. The molecule has 0 heterocycles. The van der Waals surface area contributed by atoms with Crippen LogP contribution >= 0.6 is 15.9 Å². The number of alkyl halides is 3. The Morgan fingerprint density at radius 1 is 1.31 bits per heavy atom. The van der Waals surface area contributed by atoms with Crippen LogP contribution in [0.3, 0.4) is 0 Å². The lowest BCUT2D eigenvalue weighted by molar-refractivity contribution is -0.138. The smallest absolute Gasteiger partial charge is 0.383 e. The molecule has 0 amide bonds. The van der Waals surface area contributed by atoms with Crippen LogP contribution in [0.2, 0.25) is 0 Å². The topological polar surface area (TPSA) is 43.4 Å². The fourth-order valence-corrected chi connectivity index (χ4v) is 1.87. The van der Waals surface area contributed by atoms with Gasteiger partial charge in [0.1, 0.15) is 5.75 Å². The van der Waals surface area contributed by atoms with E-state index in [-0.39, 0.29) is 10.2 Å². The molecule has 0 fully saturated rings. The number of hydrogen-bond acceptors (Lipinski definition) is 3. The molecule has 0 atom stereocenters. The van der Waals surface area contributed by atoms with E-state index in [2.05, 4.69) is 20.1 Å². The molecule has 1 aromatic carbocycles. The van der Waals surface area contributed by atoms with E-state index in [0.29, 0.717) is 6.07 Å². The molecular formula is C8H6BrF3O3S. The molecule has 1 aromatic rings. The fraction of sp³-hybridized carbons (Fsp3) is 0.250. The normalized spacial score (nSPS) is 12.6. The molecule has 0 aliphatic rings. The molecule has 0 saturated heterocycles. The molecule has 1 rings (SSSR count). The Bertz CT molecular complexity index is 496. The first kappa shape index (κ1) is 13.3. The van der Waals surface area contributed by atoms with Crippen LogP contribution in [0.25, 0.3) is 0 Å². The van der Waals surface area contributed by atoms with Gasteiger partial charge in [0.25, 0.3) is 0 Å². The van der Waals surface area contributed by atoms with Gasteiger partial charge in [0.15, 0.2) is 0 Å². The summed E-state index contributed by atoms with van der Waals surface area (Å²) in [5.74, 6) is -0.377. The highest BCUT2D eigenvalue weighted by molar-refractivity contribution is 9.10. The number of halogens is 4. The second-order valence-electron chi connectivity index (χ2n) is 2.93. The van der Waals surface area contributed by atoms with E-state index >= 15 is 0 Å². The van der Waals surface area contributed by atoms with Gasteiger partial charge in [-0.3, -0.25) is 0 Å². The van der Waals surface area contributed by atoms with Gasteiger partial charge in [0.2, 0.25) is 0 Å². The summed E-state index contributed by atoms with van der Waals surface area (Å²) in [5.41, 5.74) is -0.992. The highest BCUT2D eigenvalue weighted by Gasteiger charge is 2.33. The van der Waals surface area contributed by atoms with Gasteiger partial charge in [-0.05, 0) is 18.2 Å². The molecule has 0 unspecified atom stereocenters. The Morgan fingerprint density at radius 3 is 2.31 bits per heavy atom. The minimum absolute atomic E-state index is 0.180. The van der Waals surface area contributed by atoms with Crippen molar-refractivity contribution in [3.05, 3.63) is 28.2 Å². The Hall–Kier alpha value is -0.760. The predicted octanol–water partition coefficient (Wildman–Crippen LogP) is 2.81. The zero-order valence-electron chi connectivity index (χ0n) is 7.88. The Labute approximate surface area is 98.5 Å². The Balaban J connectivity index is 3.18. The zero-order chi connectivity index (χ0) is 12.6. The number of rotatable bonds is 2. The van der Waals surface area contributed by atoms with Gasteiger partial charge in [-0.15, -0.1) is 0 Å². The van der Waals surface area contributed by atoms with Gasteiger partial charge in [0, 0.05) is 4.47 Å². The van der Waals surface area contributed by atoms with Crippen LogP contribution in [0.4, 0.5) is 13.2 Å². The zero-order valence-corrected chi connectivity index (χ0v) is 10.3. The summed E-state index contributed by atoms with van der Waals surface area (Å²) in [7, 11) is -3.83. The summed E-state index contributed by atoms with van der Waals surface area (Å²) >= 11 is 2.72. The molecule has 0 aromatic heterocycles. The van der Waals surface area contributed by atoms with Crippen LogP contribution in [0.15, 0.2) is 22.7 Å². The van der Waals surface area contributed by atoms with E-state index in [1.165, 1.54) is 0 Å². The third-order valence-corrected chi connectivity index (χ3v) is 2.68. The average molecular weight is 319 g/mol. The first-order valence-corrected chi connectivity index (χ1v) is 6.47. The van der Waals surface area contributed by atoms with E-state index in [1.807, 2.05) is 0 Å². The van der Waals surface area contributed by atoms with Crippen LogP contribution < -0.4 is 4.18 Å². The third-order valence-electron chi connectivity index (χ3n) is 1.49. The summed E-state index contributed by atoms with van der Waals surface area (Å²) in [5, 5.41) is 0. The standard InChI is InChI=1S/C8H6BrF3O3S/c1-16(13,14)15-5-2-3-7(9)6(4-5)8(10,11)12/h2-4H,1H3. The highest BCUT2D eigenvalue weighted by atomic mass is 79.9. The van der Waals surface area contributed by atoms with Crippen molar-refractivity contribution in [2.24, 2.45) is 0 Å². The van der Waals surface area contributed by atoms with E-state index in [9.17, 15) is 21.6 Å². The van der Waals surface area contributed by atoms with Crippen molar-refractivity contribution in [3.63, 3.8) is 0 Å². The van der Waals surface area contributed by atoms with Crippen molar-refractivity contribution in [1.82, 2.24) is 0 Å². The second-order valence-corrected chi connectivity index (χ2v) is 5.36. The molecular weight excluding hydrogens is 313 g/mol. The summed E-state index contributed by atoms with van der Waals surface area (Å²) in [6.45, 7) is 0. The molecule has 0 spiro atoms. The monoisotopic (exact) mass is 318 g/mol. The van der Waals surface area contributed by atoms with Crippen molar-refractivity contribution < 1.29 is 25.8 Å². The summed E-state index contributed by atoms with van der Waals surface area (Å²) in [4.78, 5) is 0. The molecule has 0 saturated carbocycles. The summed E-state index contributed by atoms with van der Waals surface area (Å²) < 4.78 is 62.9. The van der Waals surface area contributed by atoms with Gasteiger partial charge in [-0.1, -0.05) is 15.9 Å². The summed E-state index contributed by atoms with van der Waals surface area (Å²) in [6.07, 6.45) is -3.82. The van der Waals surface area contributed by atoms with Gasteiger partial charge >= 0.3 is 16.3 Å². The van der Waals surface area contributed by atoms with Gasteiger partial charge < -0.3 is 4.18 Å². The SMILES string of the molecule is CS(=O)(=O)Oc1ccc(Br)c(C(F)(F)F)c1. The van der Waals surface area contributed by atoms with E-state index in [4.69, 9.17) is 0 Å². The summed E-state index contributed by atoms with van der Waals surface area (Å²) in [6, 6.07) is 2.81. The Kier molecular flexibility index (Phi) is 3.53.